The van der Waals surface area contributed by atoms with Crippen LogP contribution in [0.4, 0.5) is 0 Å². The number of nitrogens with zero attached hydrogens (tertiary/aromatic N) is 3. The molecule has 0 spiro atoms. The molecular formula is C11H11ClN4O. The minimum absolute atomic E-state index is 0.202. The van der Waals surface area contributed by atoms with E-state index in [0.717, 1.165) is 24.9 Å². The Morgan fingerprint density at radius 3 is 3.18 bits per heavy atom. The molecule has 3 heterocycles. The quantitative estimate of drug-likeness (QED) is 0.885. The maximum atomic E-state index is 6.02. The van der Waals surface area contributed by atoms with Crippen molar-refractivity contribution in [2.45, 2.75) is 18.9 Å². The molecule has 1 unspecified atom stereocenters. The monoisotopic (exact) mass is 250 g/mol. The highest BCUT2D eigenvalue weighted by Crippen LogP contribution is 2.27. The molecule has 0 bridgehead atoms. The van der Waals surface area contributed by atoms with Gasteiger partial charge in [0, 0.05) is 12.4 Å². The summed E-state index contributed by atoms with van der Waals surface area (Å²) < 4.78 is 5.23. The zero-order valence-corrected chi connectivity index (χ0v) is 9.81. The van der Waals surface area contributed by atoms with Crippen LogP contribution in [-0.2, 0) is 0 Å². The molecule has 88 valence electrons. The fourth-order valence-corrected chi connectivity index (χ4v) is 2.14. The van der Waals surface area contributed by atoms with Crippen molar-refractivity contribution in [3.8, 4) is 11.5 Å². The lowest BCUT2D eigenvalue weighted by Gasteiger charge is -2.01. The van der Waals surface area contributed by atoms with Gasteiger partial charge in [-0.3, -0.25) is 4.98 Å². The Kier molecular flexibility index (Phi) is 2.78. The number of nitrogens with one attached hydrogen (secondary N) is 1. The van der Waals surface area contributed by atoms with Gasteiger partial charge >= 0.3 is 0 Å². The lowest BCUT2D eigenvalue weighted by Crippen LogP contribution is -2.14. The van der Waals surface area contributed by atoms with E-state index in [1.165, 1.54) is 0 Å². The molecular weight excluding hydrogens is 240 g/mol. The van der Waals surface area contributed by atoms with Crippen molar-refractivity contribution in [3.05, 3.63) is 29.3 Å². The Hall–Kier alpha value is -1.46. The molecule has 5 nitrogen and oxygen atoms in total. The largest absolute Gasteiger partial charge is 0.334 e. The summed E-state index contributed by atoms with van der Waals surface area (Å²) in [5.74, 6) is 1.14. The molecule has 17 heavy (non-hydrogen) atoms. The molecule has 1 N–H and O–H groups in total. The molecule has 1 atom stereocenters. The molecule has 1 aliphatic heterocycles. The van der Waals surface area contributed by atoms with Crippen molar-refractivity contribution in [1.82, 2.24) is 20.4 Å². The van der Waals surface area contributed by atoms with Crippen molar-refractivity contribution in [1.29, 1.82) is 0 Å². The van der Waals surface area contributed by atoms with E-state index in [9.17, 15) is 0 Å². The Morgan fingerprint density at radius 2 is 2.41 bits per heavy atom. The summed E-state index contributed by atoms with van der Waals surface area (Å²) in [5.41, 5.74) is 0.721. The summed E-state index contributed by atoms with van der Waals surface area (Å²) in [6, 6.07) is 1.97. The van der Waals surface area contributed by atoms with Crippen LogP contribution in [0.5, 0.6) is 0 Å². The first-order chi connectivity index (χ1) is 8.34. The summed E-state index contributed by atoms with van der Waals surface area (Å²) in [6.45, 7) is 1.00. The number of rotatable bonds is 2. The van der Waals surface area contributed by atoms with Gasteiger partial charge < -0.3 is 9.84 Å². The van der Waals surface area contributed by atoms with Crippen LogP contribution in [0.3, 0.4) is 0 Å². The summed E-state index contributed by atoms with van der Waals surface area (Å²) in [6.07, 6.45) is 5.40. The second-order valence-corrected chi connectivity index (χ2v) is 4.37. The van der Waals surface area contributed by atoms with Crippen molar-refractivity contribution in [2.24, 2.45) is 0 Å². The fraction of sp³-hybridized carbons (Fsp3) is 0.364. The molecule has 0 saturated carbocycles. The normalized spacial score (nSPS) is 19.7. The molecule has 0 aromatic carbocycles. The highest BCUT2D eigenvalue weighted by atomic mass is 35.5. The van der Waals surface area contributed by atoms with Gasteiger partial charge in [0.05, 0.1) is 16.6 Å². The summed E-state index contributed by atoms with van der Waals surface area (Å²) in [4.78, 5) is 8.29. The predicted molar refractivity (Wildman–Crippen MR) is 62.5 cm³/mol. The van der Waals surface area contributed by atoms with Crippen molar-refractivity contribution in [3.63, 3.8) is 0 Å². The molecule has 3 rings (SSSR count). The Bertz CT molecular complexity index is 522. The van der Waals surface area contributed by atoms with Crippen LogP contribution in [0.2, 0.25) is 5.02 Å². The van der Waals surface area contributed by atoms with Gasteiger partial charge in [-0.1, -0.05) is 16.8 Å². The maximum Gasteiger partial charge on any atom is 0.259 e. The first-order valence-electron chi connectivity index (χ1n) is 5.51. The van der Waals surface area contributed by atoms with Crippen LogP contribution in [-0.4, -0.2) is 21.7 Å². The predicted octanol–water partition coefficient (Wildman–Crippen LogP) is 2.21. The van der Waals surface area contributed by atoms with Crippen LogP contribution in [0.1, 0.15) is 24.7 Å². The van der Waals surface area contributed by atoms with Gasteiger partial charge in [0.15, 0.2) is 5.82 Å². The van der Waals surface area contributed by atoms with Crippen molar-refractivity contribution < 1.29 is 4.52 Å². The van der Waals surface area contributed by atoms with Gasteiger partial charge in [-0.25, -0.2) is 0 Å². The first-order valence-corrected chi connectivity index (χ1v) is 5.89. The van der Waals surface area contributed by atoms with E-state index < -0.39 is 0 Å². The van der Waals surface area contributed by atoms with Crippen molar-refractivity contribution in [2.75, 3.05) is 6.54 Å². The summed E-state index contributed by atoms with van der Waals surface area (Å²) in [7, 11) is 0. The number of hydrogen-bond acceptors (Lipinski definition) is 5. The molecule has 0 radical (unpaired) electrons. The van der Waals surface area contributed by atoms with Crippen LogP contribution in [0.25, 0.3) is 11.5 Å². The molecule has 1 saturated heterocycles. The van der Waals surface area contributed by atoms with E-state index in [2.05, 4.69) is 20.4 Å². The molecule has 0 amide bonds. The summed E-state index contributed by atoms with van der Waals surface area (Å²) in [5, 5.41) is 7.83. The molecule has 1 aliphatic rings. The third-order valence-corrected chi connectivity index (χ3v) is 3.12. The van der Waals surface area contributed by atoms with E-state index in [4.69, 9.17) is 16.1 Å². The Labute approximate surface area is 103 Å². The number of pyridine rings is 1. The Morgan fingerprint density at radius 1 is 1.47 bits per heavy atom. The average Bonchev–Trinajstić information content (AvgIpc) is 3.00. The second kappa shape index (κ2) is 4.43. The third kappa shape index (κ3) is 2.03. The third-order valence-electron chi connectivity index (χ3n) is 2.82. The van der Waals surface area contributed by atoms with Crippen LogP contribution in [0, 0.1) is 0 Å². The summed E-state index contributed by atoms with van der Waals surface area (Å²) >= 11 is 6.02. The van der Waals surface area contributed by atoms with E-state index in [1.807, 2.05) is 0 Å². The van der Waals surface area contributed by atoms with E-state index >= 15 is 0 Å². The second-order valence-electron chi connectivity index (χ2n) is 3.96. The highest BCUT2D eigenvalue weighted by molar-refractivity contribution is 6.32. The average molecular weight is 251 g/mol. The van der Waals surface area contributed by atoms with Gasteiger partial charge in [-0.15, -0.1) is 0 Å². The van der Waals surface area contributed by atoms with Gasteiger partial charge in [-0.2, -0.15) is 4.98 Å². The number of aromatic nitrogens is 3. The van der Waals surface area contributed by atoms with Crippen LogP contribution in [0.15, 0.2) is 23.0 Å². The van der Waals surface area contributed by atoms with Gasteiger partial charge in [0.2, 0.25) is 0 Å². The zero-order valence-electron chi connectivity index (χ0n) is 9.06. The number of halogens is 1. The van der Waals surface area contributed by atoms with E-state index in [-0.39, 0.29) is 6.04 Å². The number of hydrogen-bond donors (Lipinski definition) is 1. The molecule has 0 aliphatic carbocycles. The standard InChI is InChI=1S/C11H11ClN4O/c12-8-6-13-5-3-7(8)11-15-10(16-17-11)9-2-1-4-14-9/h3,5-6,9,14H,1-2,4H2. The molecule has 1 fully saturated rings. The zero-order chi connectivity index (χ0) is 11.7. The van der Waals surface area contributed by atoms with Gasteiger partial charge in [0.25, 0.3) is 5.89 Å². The lowest BCUT2D eigenvalue weighted by molar-refractivity contribution is 0.412. The lowest BCUT2D eigenvalue weighted by atomic mass is 10.2. The molecule has 6 heteroatoms. The maximum absolute atomic E-state index is 6.02. The topological polar surface area (TPSA) is 63.8 Å². The van der Waals surface area contributed by atoms with Gasteiger partial charge in [-0.05, 0) is 25.5 Å². The fourth-order valence-electron chi connectivity index (χ4n) is 1.94. The van der Waals surface area contributed by atoms with Crippen molar-refractivity contribution >= 4 is 11.6 Å². The van der Waals surface area contributed by atoms with E-state index in [1.54, 1.807) is 18.5 Å². The van der Waals surface area contributed by atoms with Crippen LogP contribution >= 0.6 is 11.6 Å². The Balaban J connectivity index is 1.92. The highest BCUT2D eigenvalue weighted by Gasteiger charge is 2.22. The van der Waals surface area contributed by atoms with Crippen LogP contribution < -0.4 is 5.32 Å². The first kappa shape index (κ1) is 10.7. The smallest absolute Gasteiger partial charge is 0.259 e. The SMILES string of the molecule is Clc1cnccc1-c1nc(C2CCCN2)no1. The molecule has 2 aromatic heterocycles. The van der Waals surface area contributed by atoms with Gasteiger partial charge in [0.1, 0.15) is 0 Å². The molecule has 2 aromatic rings. The van der Waals surface area contributed by atoms with E-state index in [0.29, 0.717) is 16.7 Å². The minimum Gasteiger partial charge on any atom is -0.334 e. The minimum atomic E-state index is 0.202.